The van der Waals surface area contributed by atoms with E-state index in [1.54, 1.807) is 0 Å². The molecule has 1 unspecified atom stereocenters. The zero-order valence-corrected chi connectivity index (χ0v) is 13.0. The SMILES string of the molecule is CCCCC(Nc1ccc(S(N)(=O)=O)c(C(F)(F)F)c1)C(=O)O. The highest BCUT2D eigenvalue weighted by Crippen LogP contribution is 2.35. The van der Waals surface area contributed by atoms with Gasteiger partial charge < -0.3 is 10.4 Å². The molecule has 0 aliphatic heterocycles. The van der Waals surface area contributed by atoms with Crippen LogP contribution in [0.3, 0.4) is 0 Å². The first kappa shape index (κ1) is 19.2. The second-order valence-corrected chi connectivity index (χ2v) is 6.46. The highest BCUT2D eigenvalue weighted by molar-refractivity contribution is 7.89. The predicted octanol–water partition coefficient (Wildman–Crippen LogP) is 2.41. The van der Waals surface area contributed by atoms with Crippen LogP contribution in [0.2, 0.25) is 0 Å². The maximum Gasteiger partial charge on any atom is 0.417 e. The largest absolute Gasteiger partial charge is 0.480 e. The quantitative estimate of drug-likeness (QED) is 0.696. The normalized spacial score (nSPS) is 13.6. The number of aliphatic carboxylic acids is 1. The summed E-state index contributed by atoms with van der Waals surface area (Å²) in [6, 6.07) is 1.23. The lowest BCUT2D eigenvalue weighted by Gasteiger charge is -2.18. The fraction of sp³-hybridized carbons (Fsp3) is 0.462. The van der Waals surface area contributed by atoms with E-state index in [2.05, 4.69) is 5.32 Å². The van der Waals surface area contributed by atoms with Crippen molar-refractivity contribution in [3.05, 3.63) is 23.8 Å². The number of anilines is 1. The Morgan fingerprint density at radius 1 is 1.39 bits per heavy atom. The van der Waals surface area contributed by atoms with Gasteiger partial charge in [0.2, 0.25) is 10.0 Å². The zero-order valence-electron chi connectivity index (χ0n) is 12.2. The third kappa shape index (κ3) is 5.39. The average molecular weight is 354 g/mol. The van der Waals surface area contributed by atoms with E-state index in [1.165, 1.54) is 0 Å². The number of rotatable bonds is 7. The van der Waals surface area contributed by atoms with Gasteiger partial charge in [-0.2, -0.15) is 13.2 Å². The number of unbranched alkanes of at least 4 members (excludes halogenated alkanes) is 1. The average Bonchev–Trinajstić information content (AvgIpc) is 2.40. The van der Waals surface area contributed by atoms with E-state index in [0.717, 1.165) is 12.5 Å². The van der Waals surface area contributed by atoms with Crippen LogP contribution in [0.1, 0.15) is 31.7 Å². The molecular weight excluding hydrogens is 337 g/mol. The van der Waals surface area contributed by atoms with E-state index in [-0.39, 0.29) is 12.1 Å². The Labute approximate surface area is 131 Å². The Morgan fingerprint density at radius 2 is 2.00 bits per heavy atom. The van der Waals surface area contributed by atoms with Crippen LogP contribution in [0.15, 0.2) is 23.1 Å². The molecule has 6 nitrogen and oxygen atoms in total. The van der Waals surface area contributed by atoms with Crippen molar-refractivity contribution in [2.45, 2.75) is 43.3 Å². The molecule has 1 atom stereocenters. The molecule has 0 amide bonds. The molecule has 4 N–H and O–H groups in total. The second kappa shape index (κ2) is 7.18. The highest BCUT2D eigenvalue weighted by atomic mass is 32.2. The molecule has 1 aromatic carbocycles. The molecular formula is C13H17F3N2O4S. The third-order valence-electron chi connectivity index (χ3n) is 3.08. The Kier molecular flexibility index (Phi) is 6.00. The summed E-state index contributed by atoms with van der Waals surface area (Å²) < 4.78 is 61.5. The van der Waals surface area contributed by atoms with Crippen LogP contribution in [-0.2, 0) is 21.0 Å². The van der Waals surface area contributed by atoms with Crippen LogP contribution in [-0.4, -0.2) is 25.5 Å². The maximum atomic E-state index is 13.0. The molecule has 0 aliphatic rings. The molecule has 130 valence electrons. The van der Waals surface area contributed by atoms with E-state index < -0.39 is 38.7 Å². The smallest absolute Gasteiger partial charge is 0.417 e. The second-order valence-electron chi connectivity index (χ2n) is 4.93. The molecule has 0 fully saturated rings. The van der Waals surface area contributed by atoms with Crippen LogP contribution in [0.5, 0.6) is 0 Å². The van der Waals surface area contributed by atoms with Gasteiger partial charge in [0.1, 0.15) is 6.04 Å². The van der Waals surface area contributed by atoms with Gasteiger partial charge in [0.05, 0.1) is 10.5 Å². The minimum absolute atomic E-state index is 0.145. The van der Waals surface area contributed by atoms with E-state index in [9.17, 15) is 26.4 Å². The van der Waals surface area contributed by atoms with Crippen molar-refractivity contribution < 1.29 is 31.5 Å². The first-order valence-corrected chi connectivity index (χ1v) is 8.24. The van der Waals surface area contributed by atoms with Crippen molar-refractivity contribution in [1.29, 1.82) is 0 Å². The Balaban J connectivity index is 3.22. The molecule has 1 rings (SSSR count). The summed E-state index contributed by atoms with van der Waals surface area (Å²) in [6.07, 6.45) is -3.42. The molecule has 0 heterocycles. The molecule has 1 aromatic rings. The predicted molar refractivity (Wildman–Crippen MR) is 77.4 cm³/mol. The summed E-state index contributed by atoms with van der Waals surface area (Å²) in [5.74, 6) is -1.21. The Morgan fingerprint density at radius 3 is 2.43 bits per heavy atom. The van der Waals surface area contributed by atoms with Crippen molar-refractivity contribution in [2.75, 3.05) is 5.32 Å². The lowest BCUT2D eigenvalue weighted by Crippen LogP contribution is -2.29. The van der Waals surface area contributed by atoms with Gasteiger partial charge >= 0.3 is 12.1 Å². The standard InChI is InChI=1S/C13H17F3N2O4S/c1-2-3-4-10(12(19)20)18-8-5-6-11(23(17,21)22)9(7-8)13(14,15)16/h5-7,10,18H,2-4H2,1H3,(H,19,20)(H2,17,21,22). The minimum Gasteiger partial charge on any atom is -0.480 e. The van der Waals surface area contributed by atoms with E-state index in [4.69, 9.17) is 10.2 Å². The van der Waals surface area contributed by atoms with Gasteiger partial charge in [-0.1, -0.05) is 19.8 Å². The zero-order chi connectivity index (χ0) is 17.8. The number of carboxylic acid groups (broad SMARTS) is 1. The van der Waals surface area contributed by atoms with Gasteiger partial charge in [0, 0.05) is 5.69 Å². The monoisotopic (exact) mass is 354 g/mol. The van der Waals surface area contributed by atoms with E-state index >= 15 is 0 Å². The number of sulfonamides is 1. The van der Waals surface area contributed by atoms with Gasteiger partial charge in [-0.25, -0.2) is 18.4 Å². The maximum absolute atomic E-state index is 13.0. The van der Waals surface area contributed by atoms with Gasteiger partial charge in [-0.05, 0) is 24.6 Å². The molecule has 10 heteroatoms. The van der Waals surface area contributed by atoms with Crippen LogP contribution < -0.4 is 10.5 Å². The van der Waals surface area contributed by atoms with E-state index in [0.29, 0.717) is 18.6 Å². The number of alkyl halides is 3. The number of nitrogens with one attached hydrogen (secondary N) is 1. The molecule has 0 aliphatic carbocycles. The molecule has 23 heavy (non-hydrogen) atoms. The van der Waals surface area contributed by atoms with E-state index in [1.807, 2.05) is 6.92 Å². The number of primary sulfonamides is 1. The van der Waals surface area contributed by atoms with Crippen molar-refractivity contribution in [3.63, 3.8) is 0 Å². The Bertz CT molecular complexity index is 674. The minimum atomic E-state index is -4.94. The van der Waals surface area contributed by atoms with Crippen molar-refractivity contribution in [2.24, 2.45) is 5.14 Å². The summed E-state index contributed by atoms with van der Waals surface area (Å²) >= 11 is 0. The number of hydrogen-bond acceptors (Lipinski definition) is 4. The van der Waals surface area contributed by atoms with Crippen LogP contribution in [0.4, 0.5) is 18.9 Å². The van der Waals surface area contributed by atoms with Crippen LogP contribution in [0.25, 0.3) is 0 Å². The lowest BCUT2D eigenvalue weighted by molar-refractivity contribution is -0.140. The van der Waals surface area contributed by atoms with Crippen molar-refractivity contribution in [3.8, 4) is 0 Å². The molecule has 0 spiro atoms. The summed E-state index contributed by atoms with van der Waals surface area (Å²) in [6.45, 7) is 1.85. The van der Waals surface area contributed by atoms with Crippen molar-refractivity contribution >= 4 is 21.7 Å². The van der Waals surface area contributed by atoms with Crippen LogP contribution in [0, 0.1) is 0 Å². The number of benzene rings is 1. The molecule has 0 radical (unpaired) electrons. The van der Waals surface area contributed by atoms with Gasteiger partial charge in [-0.15, -0.1) is 0 Å². The number of nitrogens with two attached hydrogens (primary N) is 1. The molecule has 0 saturated heterocycles. The summed E-state index contributed by atoms with van der Waals surface area (Å²) in [7, 11) is -4.56. The molecule has 0 aromatic heterocycles. The number of carbonyl (C=O) groups is 1. The van der Waals surface area contributed by atoms with Gasteiger partial charge in [0.25, 0.3) is 0 Å². The number of hydrogen-bond donors (Lipinski definition) is 3. The van der Waals surface area contributed by atoms with Crippen molar-refractivity contribution in [1.82, 2.24) is 0 Å². The van der Waals surface area contributed by atoms with Crippen LogP contribution >= 0.6 is 0 Å². The summed E-state index contributed by atoms with van der Waals surface area (Å²) in [4.78, 5) is 10.1. The van der Waals surface area contributed by atoms with Gasteiger partial charge in [-0.3, -0.25) is 0 Å². The fourth-order valence-electron chi connectivity index (χ4n) is 1.96. The topological polar surface area (TPSA) is 109 Å². The lowest BCUT2D eigenvalue weighted by atomic mass is 10.1. The Hall–Kier alpha value is -1.81. The fourth-order valence-corrected chi connectivity index (χ4v) is 2.70. The summed E-state index contributed by atoms with van der Waals surface area (Å²) in [5.41, 5.74) is -1.59. The summed E-state index contributed by atoms with van der Waals surface area (Å²) in [5, 5.41) is 16.3. The first-order chi connectivity index (χ1) is 10.5. The highest BCUT2D eigenvalue weighted by Gasteiger charge is 2.36. The first-order valence-electron chi connectivity index (χ1n) is 6.70. The third-order valence-corrected chi connectivity index (χ3v) is 4.05. The number of halogens is 3. The molecule has 0 bridgehead atoms. The van der Waals surface area contributed by atoms with Gasteiger partial charge in [0.15, 0.2) is 0 Å². The number of carboxylic acids is 1. The molecule has 0 saturated carbocycles.